The van der Waals surface area contributed by atoms with Crippen LogP contribution in [0.3, 0.4) is 0 Å². The highest BCUT2D eigenvalue weighted by Gasteiger charge is 2.43. The largest absolute Gasteiger partial charge is 0.327 e. The molecule has 14 heavy (non-hydrogen) atoms. The third kappa shape index (κ3) is 2.27. The van der Waals surface area contributed by atoms with E-state index >= 15 is 0 Å². The molecule has 0 saturated carbocycles. The van der Waals surface area contributed by atoms with Crippen molar-refractivity contribution in [2.75, 3.05) is 33.1 Å². The number of hydrogen-bond acceptors (Lipinski definition) is 6. The fourth-order valence-corrected chi connectivity index (χ4v) is 3.28. The van der Waals surface area contributed by atoms with E-state index in [2.05, 4.69) is 0 Å². The Labute approximate surface area is 82.3 Å². The Hall–Kier alpha value is 0.300. The van der Waals surface area contributed by atoms with Gasteiger partial charge in [-0.3, -0.25) is 9.13 Å². The minimum Gasteiger partial charge on any atom is -0.310 e. The molecule has 8 heteroatoms. The van der Waals surface area contributed by atoms with E-state index in [9.17, 15) is 9.13 Å². The molecular weight excluding hydrogens is 230 g/mol. The van der Waals surface area contributed by atoms with Gasteiger partial charge in [0.05, 0.1) is 31.8 Å². The number of rotatable bonds is 0. The molecule has 0 N–H and O–H groups in total. The van der Waals surface area contributed by atoms with E-state index in [4.69, 9.17) is 18.1 Å². The van der Waals surface area contributed by atoms with Gasteiger partial charge in [0.15, 0.2) is 0 Å². The summed E-state index contributed by atoms with van der Waals surface area (Å²) in [5, 5.41) is 0. The van der Waals surface area contributed by atoms with Crippen molar-refractivity contribution in [3.05, 3.63) is 0 Å². The highest BCUT2D eigenvalue weighted by atomic mass is 31.2. The van der Waals surface area contributed by atoms with Gasteiger partial charge < -0.3 is 18.1 Å². The molecule has 0 aromatic rings. The van der Waals surface area contributed by atoms with Gasteiger partial charge in [-0.25, -0.2) is 0 Å². The van der Waals surface area contributed by atoms with Crippen LogP contribution in [-0.4, -0.2) is 33.1 Å². The Balaban J connectivity index is 1.99. The Morgan fingerprint density at radius 3 is 2.14 bits per heavy atom. The van der Waals surface area contributed by atoms with Crippen molar-refractivity contribution in [3.8, 4) is 0 Å². The minimum absolute atomic E-state index is 0.260. The van der Waals surface area contributed by atoms with Crippen molar-refractivity contribution in [1.82, 2.24) is 0 Å². The fourth-order valence-electron chi connectivity index (χ4n) is 1.26. The van der Waals surface area contributed by atoms with E-state index in [0.717, 1.165) is 0 Å². The molecule has 2 saturated heterocycles. The summed E-state index contributed by atoms with van der Waals surface area (Å²) in [5.41, 5.74) is -0.442. The van der Waals surface area contributed by atoms with Crippen LogP contribution in [0.15, 0.2) is 0 Å². The standard InChI is InChI=1S/C6H12O6P2/c1-14(8)11-4-6(5-12-14)2-9-13(7)10-3-6/h13H,2-5H2,1H3. The Morgan fingerprint density at radius 1 is 1.14 bits per heavy atom. The zero-order chi connectivity index (χ0) is 10.2. The molecule has 82 valence electrons. The highest BCUT2D eigenvalue weighted by Crippen LogP contribution is 2.52. The molecule has 0 bridgehead atoms. The predicted octanol–water partition coefficient (Wildman–Crippen LogP) is 1.28. The Bertz CT molecular complexity index is 279. The van der Waals surface area contributed by atoms with Crippen LogP contribution in [0.25, 0.3) is 0 Å². The van der Waals surface area contributed by atoms with E-state index in [1.54, 1.807) is 0 Å². The van der Waals surface area contributed by atoms with Crippen LogP contribution in [0.1, 0.15) is 0 Å². The van der Waals surface area contributed by atoms with E-state index in [0.29, 0.717) is 0 Å². The van der Waals surface area contributed by atoms with E-state index < -0.39 is 21.3 Å². The zero-order valence-electron chi connectivity index (χ0n) is 7.73. The summed E-state index contributed by atoms with van der Waals surface area (Å²) in [5.74, 6) is 0. The molecule has 2 heterocycles. The third-order valence-corrected chi connectivity index (χ3v) is 4.16. The lowest BCUT2D eigenvalue weighted by Crippen LogP contribution is -2.44. The first-order chi connectivity index (χ1) is 6.52. The summed E-state index contributed by atoms with van der Waals surface area (Å²) < 4.78 is 42.1. The molecule has 0 amide bonds. The molecule has 0 aromatic carbocycles. The van der Waals surface area contributed by atoms with Gasteiger partial charge in [0.25, 0.3) is 0 Å². The lowest BCUT2D eigenvalue weighted by Gasteiger charge is -2.39. The van der Waals surface area contributed by atoms with Crippen molar-refractivity contribution >= 4 is 15.9 Å². The van der Waals surface area contributed by atoms with Crippen LogP contribution in [-0.2, 0) is 27.2 Å². The maximum absolute atomic E-state index is 11.3. The smallest absolute Gasteiger partial charge is 0.310 e. The molecule has 2 aliphatic rings. The third-order valence-electron chi connectivity index (χ3n) is 2.20. The van der Waals surface area contributed by atoms with E-state index in [-0.39, 0.29) is 26.4 Å². The second-order valence-corrected chi connectivity index (χ2v) is 6.78. The zero-order valence-corrected chi connectivity index (χ0v) is 9.62. The molecule has 0 radical (unpaired) electrons. The average molecular weight is 242 g/mol. The lowest BCUT2D eigenvalue weighted by atomic mass is 9.93. The normalized spacial score (nSPS) is 49.4. The first-order valence-corrected chi connectivity index (χ1v) is 7.39. The second kappa shape index (κ2) is 3.71. The molecule has 2 fully saturated rings. The van der Waals surface area contributed by atoms with Gasteiger partial charge in [-0.05, 0) is 0 Å². The van der Waals surface area contributed by atoms with Gasteiger partial charge in [-0.1, -0.05) is 0 Å². The Kier molecular flexibility index (Phi) is 2.86. The SMILES string of the molecule is CP1(=O)OCC2(CO[PH](=O)OC2)CO1. The molecular formula is C6H12O6P2. The molecule has 0 unspecified atom stereocenters. The van der Waals surface area contributed by atoms with Crippen LogP contribution < -0.4 is 0 Å². The van der Waals surface area contributed by atoms with Crippen LogP contribution in [0.5, 0.6) is 0 Å². The summed E-state index contributed by atoms with van der Waals surface area (Å²) in [6.07, 6.45) is 0. The summed E-state index contributed by atoms with van der Waals surface area (Å²) in [6, 6.07) is 0. The first kappa shape index (κ1) is 10.8. The molecule has 0 aromatic heterocycles. The molecule has 0 aliphatic carbocycles. The van der Waals surface area contributed by atoms with Crippen molar-refractivity contribution < 1.29 is 27.2 Å². The average Bonchev–Trinajstić information content (AvgIpc) is 2.16. The van der Waals surface area contributed by atoms with Crippen LogP contribution >= 0.6 is 15.9 Å². The first-order valence-electron chi connectivity index (χ1n) is 4.18. The van der Waals surface area contributed by atoms with E-state index in [1.807, 2.05) is 0 Å². The molecule has 0 atom stereocenters. The van der Waals surface area contributed by atoms with Crippen molar-refractivity contribution in [3.63, 3.8) is 0 Å². The maximum Gasteiger partial charge on any atom is 0.327 e. The fraction of sp³-hybridized carbons (Fsp3) is 1.00. The molecule has 1 spiro atoms. The van der Waals surface area contributed by atoms with Gasteiger partial charge in [-0.2, -0.15) is 0 Å². The van der Waals surface area contributed by atoms with E-state index in [1.165, 1.54) is 6.66 Å². The highest BCUT2D eigenvalue weighted by molar-refractivity contribution is 7.53. The molecule has 2 rings (SSSR count). The Morgan fingerprint density at radius 2 is 1.64 bits per heavy atom. The summed E-state index contributed by atoms with van der Waals surface area (Å²) in [7, 11) is -5.20. The summed E-state index contributed by atoms with van der Waals surface area (Å²) in [6.45, 7) is 2.48. The van der Waals surface area contributed by atoms with Crippen molar-refractivity contribution in [1.29, 1.82) is 0 Å². The monoisotopic (exact) mass is 242 g/mol. The second-order valence-electron chi connectivity index (χ2n) is 3.65. The van der Waals surface area contributed by atoms with Crippen LogP contribution in [0, 0.1) is 5.41 Å². The molecule has 2 aliphatic heterocycles. The van der Waals surface area contributed by atoms with Crippen LogP contribution in [0.2, 0.25) is 0 Å². The lowest BCUT2D eigenvalue weighted by molar-refractivity contribution is -0.0625. The van der Waals surface area contributed by atoms with Crippen molar-refractivity contribution in [2.45, 2.75) is 0 Å². The van der Waals surface area contributed by atoms with Gasteiger partial charge in [0, 0.05) is 6.66 Å². The predicted molar refractivity (Wildman–Crippen MR) is 48.8 cm³/mol. The van der Waals surface area contributed by atoms with Gasteiger partial charge in [-0.15, -0.1) is 0 Å². The minimum atomic E-state index is -2.88. The van der Waals surface area contributed by atoms with Crippen LogP contribution in [0.4, 0.5) is 0 Å². The van der Waals surface area contributed by atoms with Gasteiger partial charge >= 0.3 is 15.9 Å². The topological polar surface area (TPSA) is 71.1 Å². The summed E-state index contributed by atoms with van der Waals surface area (Å²) in [4.78, 5) is 0. The van der Waals surface area contributed by atoms with Gasteiger partial charge in [0.1, 0.15) is 0 Å². The molecule has 6 nitrogen and oxygen atoms in total. The quantitative estimate of drug-likeness (QED) is 0.596. The summed E-state index contributed by atoms with van der Waals surface area (Å²) >= 11 is 0. The van der Waals surface area contributed by atoms with Crippen molar-refractivity contribution in [2.24, 2.45) is 5.41 Å². The maximum atomic E-state index is 11.3. The number of hydrogen-bond donors (Lipinski definition) is 0. The van der Waals surface area contributed by atoms with Gasteiger partial charge in [0.2, 0.25) is 0 Å².